The first-order valence-corrected chi connectivity index (χ1v) is 17.3. The smallest absolute Gasteiger partial charge is 0.276 e. The molecule has 4 aromatic rings. The highest BCUT2D eigenvalue weighted by atomic mass is 32.2. The highest BCUT2D eigenvalue weighted by Gasteiger charge is 2.35. The van der Waals surface area contributed by atoms with Crippen LogP contribution in [-0.2, 0) is 16.6 Å². The summed E-state index contributed by atoms with van der Waals surface area (Å²) in [4.78, 5) is 33.0. The van der Waals surface area contributed by atoms with Gasteiger partial charge in [-0.05, 0) is 49.7 Å². The van der Waals surface area contributed by atoms with Crippen molar-refractivity contribution in [2.75, 3.05) is 44.8 Å². The van der Waals surface area contributed by atoms with Crippen molar-refractivity contribution in [3.8, 4) is 28.4 Å². The van der Waals surface area contributed by atoms with E-state index in [1.807, 2.05) is 61.3 Å². The largest absolute Gasteiger partial charge is 0.493 e. The maximum absolute atomic E-state index is 13.9. The van der Waals surface area contributed by atoms with Crippen LogP contribution in [0.25, 0.3) is 22.6 Å². The van der Waals surface area contributed by atoms with E-state index in [0.29, 0.717) is 79.7 Å². The van der Waals surface area contributed by atoms with Crippen molar-refractivity contribution < 1.29 is 13.2 Å². The van der Waals surface area contributed by atoms with Crippen molar-refractivity contribution in [2.24, 2.45) is 0 Å². The number of sulfonamides is 1. The number of nitrogens with zero attached hydrogens (tertiary/aromatic N) is 6. The van der Waals surface area contributed by atoms with Crippen LogP contribution in [-0.4, -0.2) is 81.9 Å². The third kappa shape index (κ3) is 6.27. The fourth-order valence-corrected chi connectivity index (χ4v) is 7.38. The molecule has 242 valence electrons. The van der Waals surface area contributed by atoms with Gasteiger partial charge in [0.25, 0.3) is 5.56 Å². The number of piperazine rings is 1. The van der Waals surface area contributed by atoms with Gasteiger partial charge in [0.2, 0.25) is 10.0 Å². The lowest BCUT2D eigenvalue weighted by atomic mass is 10.0. The zero-order chi connectivity index (χ0) is 32.3. The Balaban J connectivity index is 1.46. The van der Waals surface area contributed by atoms with Gasteiger partial charge < -0.3 is 20.0 Å². The first-order valence-electron chi connectivity index (χ1n) is 15.9. The molecule has 5 heterocycles. The van der Waals surface area contributed by atoms with Gasteiger partial charge in [0, 0.05) is 49.7 Å². The minimum Gasteiger partial charge on any atom is -0.493 e. The van der Waals surface area contributed by atoms with E-state index in [4.69, 9.17) is 14.7 Å². The van der Waals surface area contributed by atoms with Crippen LogP contribution in [0.2, 0.25) is 0 Å². The number of ether oxygens (including phenoxy) is 1. The number of para-hydroxylation sites is 1. The van der Waals surface area contributed by atoms with Gasteiger partial charge in [-0.2, -0.15) is 4.31 Å². The molecule has 6 rings (SSSR count). The number of hydrogen-bond acceptors (Lipinski definition) is 10. The summed E-state index contributed by atoms with van der Waals surface area (Å²) in [5.74, 6) is 0.854. The Labute approximate surface area is 269 Å². The van der Waals surface area contributed by atoms with E-state index in [-0.39, 0.29) is 22.3 Å². The van der Waals surface area contributed by atoms with E-state index in [2.05, 4.69) is 27.2 Å². The molecule has 2 aliphatic heterocycles. The van der Waals surface area contributed by atoms with Crippen molar-refractivity contribution in [2.45, 2.75) is 51.1 Å². The molecule has 3 aromatic heterocycles. The fourth-order valence-electron chi connectivity index (χ4n) is 5.98. The van der Waals surface area contributed by atoms with E-state index < -0.39 is 10.0 Å². The van der Waals surface area contributed by atoms with Crippen molar-refractivity contribution in [3.63, 3.8) is 0 Å². The molecule has 1 saturated heterocycles. The molecular formula is C33H40N8O4S. The van der Waals surface area contributed by atoms with Gasteiger partial charge in [0.05, 0.1) is 36.3 Å². The van der Waals surface area contributed by atoms with Crippen LogP contribution in [0.1, 0.15) is 51.0 Å². The molecular weight excluding hydrogens is 604 g/mol. The quantitative estimate of drug-likeness (QED) is 0.243. The van der Waals surface area contributed by atoms with E-state index in [9.17, 15) is 13.2 Å². The number of hydrazine groups is 1. The summed E-state index contributed by atoms with van der Waals surface area (Å²) in [6.07, 6.45) is 4.63. The Bertz CT molecular complexity index is 1840. The SMILES string of the molecule is CCCOc1ccccc1-c1ncc(S(=O)(=O)N2CCN(CC)CC2)cc1-c1nc2c(c(=O)[nH]1)NN(Cc1ccccn1)C2CC. The number of anilines is 1. The molecule has 2 N–H and O–H groups in total. The van der Waals surface area contributed by atoms with Gasteiger partial charge in [0.1, 0.15) is 22.2 Å². The first kappa shape index (κ1) is 31.8. The van der Waals surface area contributed by atoms with E-state index in [1.165, 1.54) is 10.5 Å². The normalized spacial score (nSPS) is 17.5. The summed E-state index contributed by atoms with van der Waals surface area (Å²) >= 11 is 0. The number of rotatable bonds is 11. The number of hydrogen-bond donors (Lipinski definition) is 2. The molecule has 13 heteroatoms. The average Bonchev–Trinajstić information content (AvgIpc) is 3.45. The molecule has 2 aliphatic rings. The number of likely N-dealkylation sites (N-methyl/N-ethyl adjacent to an activating group) is 1. The molecule has 0 aliphatic carbocycles. The number of aromatic nitrogens is 4. The molecule has 12 nitrogen and oxygen atoms in total. The van der Waals surface area contributed by atoms with Gasteiger partial charge in [-0.3, -0.25) is 14.8 Å². The molecule has 46 heavy (non-hydrogen) atoms. The molecule has 1 unspecified atom stereocenters. The molecule has 0 saturated carbocycles. The second-order valence-corrected chi connectivity index (χ2v) is 13.3. The molecule has 1 aromatic carbocycles. The summed E-state index contributed by atoms with van der Waals surface area (Å²) in [5.41, 5.74) is 6.24. The zero-order valence-corrected chi connectivity index (χ0v) is 27.3. The minimum atomic E-state index is -3.86. The van der Waals surface area contributed by atoms with Crippen molar-refractivity contribution >= 4 is 15.7 Å². The predicted molar refractivity (Wildman–Crippen MR) is 177 cm³/mol. The summed E-state index contributed by atoms with van der Waals surface area (Å²) in [6, 6.07) is 14.6. The summed E-state index contributed by atoms with van der Waals surface area (Å²) in [5, 5.41) is 1.96. The van der Waals surface area contributed by atoms with Crippen molar-refractivity contribution in [1.82, 2.24) is 34.1 Å². The number of fused-ring (bicyclic) bond motifs is 1. The third-order valence-corrected chi connectivity index (χ3v) is 10.3. The monoisotopic (exact) mass is 644 g/mol. The second-order valence-electron chi connectivity index (χ2n) is 11.4. The lowest BCUT2D eigenvalue weighted by Crippen LogP contribution is -2.48. The van der Waals surface area contributed by atoms with E-state index >= 15 is 0 Å². The third-order valence-electron chi connectivity index (χ3n) is 8.48. The zero-order valence-electron chi connectivity index (χ0n) is 26.4. The lowest BCUT2D eigenvalue weighted by Gasteiger charge is -2.33. The minimum absolute atomic E-state index is 0.0493. The van der Waals surface area contributed by atoms with Crippen molar-refractivity contribution in [3.05, 3.63) is 82.7 Å². The maximum atomic E-state index is 13.9. The van der Waals surface area contributed by atoms with Crippen LogP contribution in [0.5, 0.6) is 5.75 Å². The molecule has 1 fully saturated rings. The molecule has 1 atom stereocenters. The van der Waals surface area contributed by atoms with Gasteiger partial charge in [-0.15, -0.1) is 0 Å². The summed E-state index contributed by atoms with van der Waals surface area (Å²) in [7, 11) is -3.86. The van der Waals surface area contributed by atoms with Crippen LogP contribution in [0.4, 0.5) is 5.69 Å². The van der Waals surface area contributed by atoms with Gasteiger partial charge in [-0.1, -0.05) is 39.0 Å². The lowest BCUT2D eigenvalue weighted by molar-refractivity contribution is 0.196. The standard InChI is InChI=1S/C33H40N8O4S/c1-4-19-45-28-13-8-7-12-25(28)29-26(20-24(21-35-29)46(43,44)40-17-15-39(6-3)16-18-40)32-36-30-27(5-2)41(38-31(30)33(42)37-32)22-23-11-9-10-14-34-23/h7-14,20-21,27,38H,4-6,15-19,22H2,1-3H3,(H,36,37,42). The van der Waals surface area contributed by atoms with Crippen molar-refractivity contribution in [1.29, 1.82) is 0 Å². The first-order chi connectivity index (χ1) is 22.3. The highest BCUT2D eigenvalue weighted by molar-refractivity contribution is 7.89. The predicted octanol–water partition coefficient (Wildman–Crippen LogP) is 4.30. The number of nitrogens with one attached hydrogen (secondary N) is 2. The van der Waals surface area contributed by atoms with Gasteiger partial charge in [-0.25, -0.2) is 18.4 Å². The average molecular weight is 645 g/mol. The number of pyridine rings is 2. The Morgan fingerprint density at radius 3 is 2.48 bits per heavy atom. The summed E-state index contributed by atoms with van der Waals surface area (Å²) in [6.45, 7) is 10.1. The Kier molecular flexibility index (Phi) is 9.45. The van der Waals surface area contributed by atoms with E-state index in [0.717, 1.165) is 18.7 Å². The van der Waals surface area contributed by atoms with Gasteiger partial charge >= 0.3 is 0 Å². The highest BCUT2D eigenvalue weighted by Crippen LogP contribution is 2.39. The topological polar surface area (TPSA) is 137 Å². The van der Waals surface area contributed by atoms with E-state index in [1.54, 1.807) is 12.3 Å². The van der Waals surface area contributed by atoms with Crippen LogP contribution < -0.4 is 15.7 Å². The number of benzene rings is 1. The Hall–Kier alpha value is -4.17. The van der Waals surface area contributed by atoms with Crippen LogP contribution in [0, 0.1) is 0 Å². The van der Waals surface area contributed by atoms with Crippen LogP contribution in [0.3, 0.4) is 0 Å². The second kappa shape index (κ2) is 13.7. The van der Waals surface area contributed by atoms with Gasteiger partial charge in [0.15, 0.2) is 0 Å². The Morgan fingerprint density at radius 2 is 1.76 bits per heavy atom. The fraction of sp³-hybridized carbons (Fsp3) is 0.394. The maximum Gasteiger partial charge on any atom is 0.276 e. The molecule has 0 amide bonds. The summed E-state index contributed by atoms with van der Waals surface area (Å²) < 4.78 is 35.4. The molecule has 0 spiro atoms. The molecule has 0 radical (unpaired) electrons. The number of H-pyrrole nitrogens is 1. The van der Waals surface area contributed by atoms with Crippen LogP contribution >= 0.6 is 0 Å². The molecule has 0 bridgehead atoms. The number of aromatic amines is 1. The van der Waals surface area contributed by atoms with Crippen LogP contribution in [0.15, 0.2) is 70.6 Å². The Morgan fingerprint density at radius 1 is 0.978 bits per heavy atom.